The summed E-state index contributed by atoms with van der Waals surface area (Å²) in [6, 6.07) is 5.25. The molecule has 2 rings (SSSR count). The zero-order valence-electron chi connectivity index (χ0n) is 12.1. The number of Topliss-reactive ketones (excluding diaryl/α,β-unsaturated/α-hetero) is 1. The molecule has 0 aliphatic carbocycles. The van der Waals surface area contributed by atoms with Gasteiger partial charge in [-0.3, -0.25) is 9.69 Å². The van der Waals surface area contributed by atoms with E-state index in [-0.39, 0.29) is 5.78 Å². The number of nitrogens with zero attached hydrogens (tertiary/aromatic N) is 2. The number of halogens is 1. The summed E-state index contributed by atoms with van der Waals surface area (Å²) in [6.07, 6.45) is 0. The summed E-state index contributed by atoms with van der Waals surface area (Å²) < 4.78 is 5.37. The van der Waals surface area contributed by atoms with Crippen molar-refractivity contribution in [2.24, 2.45) is 0 Å². The van der Waals surface area contributed by atoms with Gasteiger partial charge in [0.25, 0.3) is 0 Å². The van der Waals surface area contributed by atoms with Gasteiger partial charge in [0.1, 0.15) is 5.75 Å². The van der Waals surface area contributed by atoms with Crippen molar-refractivity contribution in [3.05, 3.63) is 28.8 Å². The van der Waals surface area contributed by atoms with Gasteiger partial charge in [0.15, 0.2) is 5.78 Å². The lowest BCUT2D eigenvalue weighted by Gasteiger charge is -2.31. The minimum absolute atomic E-state index is 0.111. The molecule has 1 saturated heterocycles. The normalized spacial score (nSPS) is 17.1. The number of ether oxygens (including phenoxy) is 1. The van der Waals surface area contributed by atoms with Crippen molar-refractivity contribution in [3.8, 4) is 5.75 Å². The highest BCUT2D eigenvalue weighted by atomic mass is 35.5. The molecule has 0 spiro atoms. The molecule has 0 unspecified atom stereocenters. The molecule has 20 heavy (non-hydrogen) atoms. The van der Waals surface area contributed by atoms with Crippen molar-refractivity contribution in [2.45, 2.75) is 6.92 Å². The molecule has 1 aliphatic rings. The van der Waals surface area contributed by atoms with Gasteiger partial charge < -0.3 is 9.64 Å². The zero-order valence-corrected chi connectivity index (χ0v) is 12.8. The SMILES string of the molecule is CCOc1ccc(C(=O)CN2CCN(C)CC2)cc1Cl. The van der Waals surface area contributed by atoms with E-state index < -0.39 is 0 Å². The van der Waals surface area contributed by atoms with E-state index in [9.17, 15) is 4.79 Å². The summed E-state index contributed by atoms with van der Waals surface area (Å²) in [5.41, 5.74) is 0.650. The number of carbonyl (C=O) groups excluding carboxylic acids is 1. The largest absolute Gasteiger partial charge is 0.492 e. The lowest BCUT2D eigenvalue weighted by atomic mass is 10.1. The average Bonchev–Trinajstić information content (AvgIpc) is 2.44. The third kappa shape index (κ3) is 3.95. The Kier molecular flexibility index (Phi) is 5.40. The number of rotatable bonds is 5. The van der Waals surface area contributed by atoms with Crippen LogP contribution in [-0.2, 0) is 0 Å². The molecule has 1 fully saturated rings. The zero-order chi connectivity index (χ0) is 14.5. The van der Waals surface area contributed by atoms with Crippen LogP contribution >= 0.6 is 11.6 Å². The Hall–Kier alpha value is -1.10. The van der Waals surface area contributed by atoms with E-state index >= 15 is 0 Å². The molecule has 0 radical (unpaired) electrons. The maximum atomic E-state index is 12.3. The lowest BCUT2D eigenvalue weighted by Crippen LogP contribution is -2.46. The van der Waals surface area contributed by atoms with Crippen LogP contribution in [0, 0.1) is 0 Å². The maximum absolute atomic E-state index is 12.3. The summed E-state index contributed by atoms with van der Waals surface area (Å²) in [7, 11) is 2.10. The van der Waals surface area contributed by atoms with Gasteiger partial charge >= 0.3 is 0 Å². The number of benzene rings is 1. The van der Waals surface area contributed by atoms with Crippen molar-refractivity contribution in [2.75, 3.05) is 46.4 Å². The molecule has 0 amide bonds. The predicted molar refractivity (Wildman–Crippen MR) is 80.9 cm³/mol. The fourth-order valence-corrected chi connectivity index (χ4v) is 2.48. The molecule has 0 saturated carbocycles. The van der Waals surface area contributed by atoms with Crippen LogP contribution < -0.4 is 4.74 Å². The predicted octanol–water partition coefficient (Wildman–Crippen LogP) is 2.17. The monoisotopic (exact) mass is 296 g/mol. The number of likely N-dealkylation sites (N-methyl/N-ethyl adjacent to an activating group) is 1. The number of hydrogen-bond acceptors (Lipinski definition) is 4. The number of ketones is 1. The average molecular weight is 297 g/mol. The highest BCUT2D eigenvalue weighted by Crippen LogP contribution is 2.25. The van der Waals surface area contributed by atoms with Gasteiger partial charge in [-0.05, 0) is 32.2 Å². The molecule has 4 nitrogen and oxygen atoms in total. The molecule has 1 aromatic carbocycles. The molecular weight excluding hydrogens is 276 g/mol. The van der Waals surface area contributed by atoms with Crippen molar-refractivity contribution >= 4 is 17.4 Å². The summed E-state index contributed by atoms with van der Waals surface area (Å²) in [4.78, 5) is 16.7. The van der Waals surface area contributed by atoms with Crippen LogP contribution in [0.2, 0.25) is 5.02 Å². The van der Waals surface area contributed by atoms with E-state index in [4.69, 9.17) is 16.3 Å². The molecule has 110 valence electrons. The number of carbonyl (C=O) groups is 1. The second-order valence-electron chi connectivity index (χ2n) is 5.08. The Balaban J connectivity index is 1.97. The molecule has 1 heterocycles. The molecule has 0 aromatic heterocycles. The van der Waals surface area contributed by atoms with Crippen LogP contribution in [0.4, 0.5) is 0 Å². The minimum Gasteiger partial charge on any atom is -0.492 e. The molecule has 1 aliphatic heterocycles. The van der Waals surface area contributed by atoms with Crippen LogP contribution in [0.3, 0.4) is 0 Å². The van der Waals surface area contributed by atoms with Gasteiger partial charge in [-0.25, -0.2) is 0 Å². The third-order valence-electron chi connectivity index (χ3n) is 3.52. The lowest BCUT2D eigenvalue weighted by molar-refractivity contribution is 0.0876. The highest BCUT2D eigenvalue weighted by molar-refractivity contribution is 6.32. The van der Waals surface area contributed by atoms with E-state index in [1.807, 2.05) is 6.92 Å². The number of piperazine rings is 1. The molecular formula is C15H21ClN2O2. The Morgan fingerprint density at radius 3 is 2.60 bits per heavy atom. The Bertz CT molecular complexity index is 471. The molecule has 5 heteroatoms. The summed E-state index contributed by atoms with van der Waals surface area (Å²) >= 11 is 6.12. The van der Waals surface area contributed by atoms with Gasteiger partial charge in [-0.1, -0.05) is 11.6 Å². The van der Waals surface area contributed by atoms with Gasteiger partial charge in [0.2, 0.25) is 0 Å². The third-order valence-corrected chi connectivity index (χ3v) is 3.81. The highest BCUT2D eigenvalue weighted by Gasteiger charge is 2.18. The topological polar surface area (TPSA) is 32.8 Å². The second-order valence-corrected chi connectivity index (χ2v) is 5.49. The first-order chi connectivity index (χ1) is 9.60. The van der Waals surface area contributed by atoms with Crippen LogP contribution in [0.5, 0.6) is 5.75 Å². The Morgan fingerprint density at radius 1 is 1.30 bits per heavy atom. The fraction of sp³-hybridized carbons (Fsp3) is 0.533. The van der Waals surface area contributed by atoms with Crippen molar-refractivity contribution in [1.29, 1.82) is 0 Å². The van der Waals surface area contributed by atoms with Crippen molar-refractivity contribution in [3.63, 3.8) is 0 Å². The van der Waals surface area contributed by atoms with Crippen molar-refractivity contribution in [1.82, 2.24) is 9.80 Å². The van der Waals surface area contributed by atoms with Crippen LogP contribution in [0.15, 0.2) is 18.2 Å². The van der Waals surface area contributed by atoms with E-state index in [2.05, 4.69) is 16.8 Å². The molecule has 1 aromatic rings. The van der Waals surface area contributed by atoms with E-state index in [1.54, 1.807) is 18.2 Å². The Labute approximate surface area is 125 Å². The van der Waals surface area contributed by atoms with Crippen LogP contribution in [0.1, 0.15) is 17.3 Å². The standard InChI is InChI=1S/C15H21ClN2O2/c1-3-20-15-5-4-12(10-13(15)16)14(19)11-18-8-6-17(2)7-9-18/h4-5,10H,3,6-9,11H2,1-2H3. The molecule has 0 atom stereocenters. The van der Waals surface area contributed by atoms with E-state index in [0.717, 1.165) is 26.2 Å². The quantitative estimate of drug-likeness (QED) is 0.780. The van der Waals surface area contributed by atoms with Gasteiger partial charge in [-0.2, -0.15) is 0 Å². The Morgan fingerprint density at radius 2 is 2.00 bits per heavy atom. The second kappa shape index (κ2) is 7.07. The van der Waals surface area contributed by atoms with Crippen molar-refractivity contribution < 1.29 is 9.53 Å². The molecule has 0 N–H and O–H groups in total. The van der Waals surface area contributed by atoms with E-state index in [1.165, 1.54) is 0 Å². The summed E-state index contributed by atoms with van der Waals surface area (Å²) in [6.45, 7) is 6.82. The summed E-state index contributed by atoms with van der Waals surface area (Å²) in [5, 5.41) is 0.496. The maximum Gasteiger partial charge on any atom is 0.176 e. The molecule has 0 bridgehead atoms. The van der Waals surface area contributed by atoms with Gasteiger partial charge in [-0.15, -0.1) is 0 Å². The first-order valence-corrected chi connectivity index (χ1v) is 7.34. The van der Waals surface area contributed by atoms with Crippen LogP contribution in [-0.4, -0.2) is 62.0 Å². The van der Waals surface area contributed by atoms with Gasteiger partial charge in [0.05, 0.1) is 18.2 Å². The van der Waals surface area contributed by atoms with Gasteiger partial charge in [0, 0.05) is 31.7 Å². The minimum atomic E-state index is 0.111. The van der Waals surface area contributed by atoms with E-state index in [0.29, 0.717) is 29.5 Å². The smallest absolute Gasteiger partial charge is 0.176 e. The number of hydrogen-bond donors (Lipinski definition) is 0. The van der Waals surface area contributed by atoms with Crippen LogP contribution in [0.25, 0.3) is 0 Å². The first kappa shape index (κ1) is 15.3. The first-order valence-electron chi connectivity index (χ1n) is 6.96. The summed E-state index contributed by atoms with van der Waals surface area (Å²) in [5.74, 6) is 0.741. The fourth-order valence-electron chi connectivity index (χ4n) is 2.25.